The minimum Gasteiger partial charge on any atom is -0.196 e. The summed E-state index contributed by atoms with van der Waals surface area (Å²) in [6.07, 6.45) is 0. The summed E-state index contributed by atoms with van der Waals surface area (Å²) < 4.78 is 1.23. The topological polar surface area (TPSA) is 54.5 Å². The Morgan fingerprint density at radius 1 is 1.40 bits per heavy atom. The highest BCUT2D eigenvalue weighted by atomic mass is 79.9. The standard InChI is InChI=1S/C4H2Br2N4/c5-3-4(6)9-10(8-3)2-1-7/h2H2. The lowest BCUT2D eigenvalue weighted by Crippen LogP contribution is -1.99. The normalized spacial score (nSPS) is 9.30. The first-order valence-electron chi connectivity index (χ1n) is 2.37. The molecule has 0 aliphatic carbocycles. The highest BCUT2D eigenvalue weighted by Gasteiger charge is 2.02. The molecule has 0 amide bonds. The minimum atomic E-state index is 0.171. The van der Waals surface area contributed by atoms with Crippen LogP contribution in [-0.4, -0.2) is 15.0 Å². The molecule has 0 spiro atoms. The van der Waals surface area contributed by atoms with Crippen LogP contribution in [0.3, 0.4) is 0 Å². The van der Waals surface area contributed by atoms with E-state index in [-0.39, 0.29) is 6.54 Å². The number of hydrogen-bond acceptors (Lipinski definition) is 3. The van der Waals surface area contributed by atoms with Crippen molar-refractivity contribution < 1.29 is 0 Å². The average Bonchev–Trinajstić information content (AvgIpc) is 2.14. The number of halogens is 2. The van der Waals surface area contributed by atoms with Crippen molar-refractivity contribution in [3.05, 3.63) is 9.21 Å². The van der Waals surface area contributed by atoms with Gasteiger partial charge in [-0.05, 0) is 31.9 Å². The molecule has 6 heteroatoms. The lowest BCUT2D eigenvalue weighted by Gasteiger charge is -1.83. The first-order valence-corrected chi connectivity index (χ1v) is 3.95. The second kappa shape index (κ2) is 3.12. The maximum atomic E-state index is 8.24. The second-order valence-corrected chi connectivity index (χ2v) is 2.97. The van der Waals surface area contributed by atoms with Gasteiger partial charge in [0.2, 0.25) is 0 Å². The Morgan fingerprint density at radius 2 is 1.90 bits per heavy atom. The van der Waals surface area contributed by atoms with Crippen molar-refractivity contribution in [3.8, 4) is 6.07 Å². The third kappa shape index (κ3) is 1.55. The van der Waals surface area contributed by atoms with Crippen LogP contribution in [-0.2, 0) is 6.54 Å². The van der Waals surface area contributed by atoms with E-state index in [0.717, 1.165) is 0 Å². The van der Waals surface area contributed by atoms with Gasteiger partial charge >= 0.3 is 0 Å². The largest absolute Gasteiger partial charge is 0.196 e. The molecule has 0 N–H and O–H groups in total. The SMILES string of the molecule is N#CCn1nc(Br)c(Br)n1. The Morgan fingerprint density at radius 3 is 2.30 bits per heavy atom. The summed E-state index contributed by atoms with van der Waals surface area (Å²) in [5, 5.41) is 15.9. The molecule has 0 aliphatic heterocycles. The molecule has 52 valence electrons. The fourth-order valence-electron chi connectivity index (χ4n) is 0.442. The molecule has 0 aromatic carbocycles. The smallest absolute Gasteiger partial charge is 0.162 e. The maximum absolute atomic E-state index is 8.24. The third-order valence-electron chi connectivity index (χ3n) is 0.789. The van der Waals surface area contributed by atoms with E-state index in [1.165, 1.54) is 4.80 Å². The number of nitrogens with zero attached hydrogens (tertiary/aromatic N) is 4. The van der Waals surface area contributed by atoms with Crippen molar-refractivity contribution in [3.63, 3.8) is 0 Å². The summed E-state index contributed by atoms with van der Waals surface area (Å²) in [6.45, 7) is 0.171. The van der Waals surface area contributed by atoms with Gasteiger partial charge in [-0.3, -0.25) is 0 Å². The Labute approximate surface area is 74.1 Å². The van der Waals surface area contributed by atoms with Crippen LogP contribution in [0.1, 0.15) is 0 Å². The van der Waals surface area contributed by atoms with Crippen molar-refractivity contribution in [2.24, 2.45) is 0 Å². The molecular weight excluding hydrogens is 264 g/mol. The molecule has 0 unspecified atom stereocenters. The molecule has 0 saturated heterocycles. The Balaban J connectivity index is 2.90. The van der Waals surface area contributed by atoms with Gasteiger partial charge in [-0.1, -0.05) is 0 Å². The van der Waals surface area contributed by atoms with Crippen LogP contribution >= 0.6 is 31.9 Å². The fourth-order valence-corrected chi connectivity index (χ4v) is 0.966. The van der Waals surface area contributed by atoms with Crippen molar-refractivity contribution in [1.29, 1.82) is 5.26 Å². The van der Waals surface area contributed by atoms with Gasteiger partial charge in [-0.15, -0.1) is 10.2 Å². The van der Waals surface area contributed by atoms with Crippen molar-refractivity contribution in [1.82, 2.24) is 15.0 Å². The number of rotatable bonds is 1. The molecule has 1 heterocycles. The van der Waals surface area contributed by atoms with Crippen LogP contribution in [0, 0.1) is 11.3 Å². The quantitative estimate of drug-likeness (QED) is 0.770. The zero-order valence-corrected chi connectivity index (χ0v) is 7.92. The van der Waals surface area contributed by atoms with Crippen molar-refractivity contribution in [2.75, 3.05) is 0 Å². The minimum absolute atomic E-state index is 0.171. The summed E-state index contributed by atoms with van der Waals surface area (Å²) in [4.78, 5) is 1.30. The van der Waals surface area contributed by atoms with Gasteiger partial charge in [0.15, 0.2) is 9.21 Å². The molecule has 0 saturated carbocycles. The molecule has 0 aliphatic rings. The number of nitriles is 1. The summed E-state index contributed by atoms with van der Waals surface area (Å²) >= 11 is 6.27. The number of hydrogen-bond donors (Lipinski definition) is 0. The lowest BCUT2D eigenvalue weighted by atomic mass is 10.8. The monoisotopic (exact) mass is 264 g/mol. The maximum Gasteiger partial charge on any atom is 0.162 e. The van der Waals surface area contributed by atoms with Gasteiger partial charge in [-0.25, -0.2) is 0 Å². The number of aromatic nitrogens is 3. The van der Waals surface area contributed by atoms with Crippen LogP contribution in [0.15, 0.2) is 9.21 Å². The molecule has 4 nitrogen and oxygen atoms in total. The van der Waals surface area contributed by atoms with E-state index < -0.39 is 0 Å². The van der Waals surface area contributed by atoms with Crippen LogP contribution in [0.4, 0.5) is 0 Å². The van der Waals surface area contributed by atoms with Crippen LogP contribution in [0.5, 0.6) is 0 Å². The van der Waals surface area contributed by atoms with Gasteiger partial charge in [0.05, 0.1) is 6.07 Å². The van der Waals surface area contributed by atoms with E-state index >= 15 is 0 Å². The molecule has 0 fully saturated rings. The molecule has 0 radical (unpaired) electrons. The predicted molar refractivity (Wildman–Crippen MR) is 41.0 cm³/mol. The van der Waals surface area contributed by atoms with E-state index in [2.05, 4.69) is 42.1 Å². The molecule has 1 aromatic heterocycles. The summed E-state index contributed by atoms with van der Waals surface area (Å²) in [7, 11) is 0. The lowest BCUT2D eigenvalue weighted by molar-refractivity contribution is 0.603. The zero-order chi connectivity index (χ0) is 7.56. The van der Waals surface area contributed by atoms with Gasteiger partial charge in [0.1, 0.15) is 6.54 Å². The van der Waals surface area contributed by atoms with E-state index in [1.807, 2.05) is 6.07 Å². The summed E-state index contributed by atoms with van der Waals surface area (Å²) in [5.41, 5.74) is 0. The van der Waals surface area contributed by atoms with Gasteiger partial charge in [0, 0.05) is 0 Å². The van der Waals surface area contributed by atoms with E-state index in [0.29, 0.717) is 9.21 Å². The van der Waals surface area contributed by atoms with Crippen LogP contribution < -0.4 is 0 Å². The second-order valence-electron chi connectivity index (χ2n) is 1.47. The van der Waals surface area contributed by atoms with Crippen LogP contribution in [0.25, 0.3) is 0 Å². The van der Waals surface area contributed by atoms with Crippen molar-refractivity contribution >= 4 is 31.9 Å². The highest BCUT2D eigenvalue weighted by molar-refractivity contribution is 9.13. The fraction of sp³-hybridized carbons (Fsp3) is 0.250. The van der Waals surface area contributed by atoms with Gasteiger partial charge < -0.3 is 0 Å². The Bertz CT molecular complexity index is 254. The molecule has 1 rings (SSSR count). The van der Waals surface area contributed by atoms with Crippen LogP contribution in [0.2, 0.25) is 0 Å². The first-order chi connectivity index (χ1) is 4.74. The zero-order valence-electron chi connectivity index (χ0n) is 4.75. The molecular formula is C4H2Br2N4. The predicted octanol–water partition coefficient (Wildman–Crippen LogP) is 1.33. The van der Waals surface area contributed by atoms with E-state index in [4.69, 9.17) is 5.26 Å². The molecule has 1 aromatic rings. The molecule has 0 bridgehead atoms. The Kier molecular flexibility index (Phi) is 2.40. The van der Waals surface area contributed by atoms with Gasteiger partial charge in [0.25, 0.3) is 0 Å². The molecule has 10 heavy (non-hydrogen) atoms. The first kappa shape index (κ1) is 7.69. The third-order valence-corrected chi connectivity index (χ3v) is 2.39. The Hall–Kier alpha value is -0.410. The average molecular weight is 266 g/mol. The summed E-state index contributed by atoms with van der Waals surface area (Å²) in [6, 6.07) is 1.92. The molecule has 0 atom stereocenters. The highest BCUT2D eigenvalue weighted by Crippen LogP contribution is 2.16. The summed E-state index contributed by atoms with van der Waals surface area (Å²) in [5.74, 6) is 0. The van der Waals surface area contributed by atoms with E-state index in [1.54, 1.807) is 0 Å². The van der Waals surface area contributed by atoms with Gasteiger partial charge in [-0.2, -0.15) is 10.1 Å². The van der Waals surface area contributed by atoms with Crippen molar-refractivity contribution in [2.45, 2.75) is 6.54 Å². The van der Waals surface area contributed by atoms with E-state index in [9.17, 15) is 0 Å².